The highest BCUT2D eigenvalue weighted by molar-refractivity contribution is 9.10. The van der Waals surface area contributed by atoms with Crippen molar-refractivity contribution in [1.29, 1.82) is 0 Å². The fourth-order valence-corrected chi connectivity index (χ4v) is 4.62. The Hall–Kier alpha value is -3.12. The summed E-state index contributed by atoms with van der Waals surface area (Å²) in [5.41, 5.74) is 3.78. The SMILES string of the molecule is CCc1ccc(OCC(=O)N(Cc2ccccc2C)[C@@H](Cc2ccccc2)C(=O)NC(C)(C)C)c(Br)c1. The highest BCUT2D eigenvalue weighted by Crippen LogP contribution is 2.27. The number of nitrogens with one attached hydrogen (secondary N) is 1. The Kier molecular flexibility index (Phi) is 9.93. The zero-order valence-corrected chi connectivity index (χ0v) is 24.0. The summed E-state index contributed by atoms with van der Waals surface area (Å²) >= 11 is 3.55. The van der Waals surface area contributed by atoms with Gasteiger partial charge in [0.25, 0.3) is 5.91 Å². The van der Waals surface area contributed by atoms with E-state index in [-0.39, 0.29) is 18.4 Å². The lowest BCUT2D eigenvalue weighted by Crippen LogP contribution is -2.55. The number of aryl methyl sites for hydroxylation is 2. The molecule has 196 valence electrons. The third-order valence-electron chi connectivity index (χ3n) is 6.13. The molecule has 0 bridgehead atoms. The van der Waals surface area contributed by atoms with E-state index in [0.29, 0.717) is 18.7 Å². The molecule has 3 aromatic rings. The lowest BCUT2D eigenvalue weighted by molar-refractivity contribution is -0.143. The minimum atomic E-state index is -0.705. The molecule has 0 fully saturated rings. The molecule has 0 saturated carbocycles. The van der Waals surface area contributed by atoms with Crippen molar-refractivity contribution in [1.82, 2.24) is 10.2 Å². The van der Waals surface area contributed by atoms with Gasteiger partial charge in [-0.05, 0) is 84.4 Å². The highest BCUT2D eigenvalue weighted by Gasteiger charge is 2.32. The van der Waals surface area contributed by atoms with Crippen LogP contribution in [0.4, 0.5) is 0 Å². The maximum absolute atomic E-state index is 13.8. The zero-order valence-electron chi connectivity index (χ0n) is 22.4. The van der Waals surface area contributed by atoms with Crippen LogP contribution in [0.3, 0.4) is 0 Å². The van der Waals surface area contributed by atoms with Crippen molar-refractivity contribution in [3.63, 3.8) is 0 Å². The van der Waals surface area contributed by atoms with Crippen LogP contribution in [0.5, 0.6) is 5.75 Å². The van der Waals surface area contributed by atoms with E-state index in [1.54, 1.807) is 4.90 Å². The predicted molar refractivity (Wildman–Crippen MR) is 153 cm³/mol. The molecule has 1 atom stereocenters. The van der Waals surface area contributed by atoms with Crippen LogP contribution in [0.15, 0.2) is 77.3 Å². The van der Waals surface area contributed by atoms with Crippen molar-refractivity contribution in [2.24, 2.45) is 0 Å². The van der Waals surface area contributed by atoms with Crippen molar-refractivity contribution in [2.75, 3.05) is 6.61 Å². The Morgan fingerprint density at radius 2 is 1.65 bits per heavy atom. The van der Waals surface area contributed by atoms with Gasteiger partial charge in [-0.25, -0.2) is 0 Å². The van der Waals surface area contributed by atoms with Gasteiger partial charge in [-0.15, -0.1) is 0 Å². The normalized spacial score (nSPS) is 12.1. The number of hydrogen-bond donors (Lipinski definition) is 1. The van der Waals surface area contributed by atoms with Crippen LogP contribution in [0, 0.1) is 6.92 Å². The van der Waals surface area contributed by atoms with E-state index in [0.717, 1.165) is 27.6 Å². The topological polar surface area (TPSA) is 58.6 Å². The van der Waals surface area contributed by atoms with Crippen molar-refractivity contribution in [3.8, 4) is 5.75 Å². The van der Waals surface area contributed by atoms with Crippen molar-refractivity contribution >= 4 is 27.7 Å². The summed E-state index contributed by atoms with van der Waals surface area (Å²) in [5, 5.41) is 3.09. The number of nitrogens with zero attached hydrogens (tertiary/aromatic N) is 1. The van der Waals surface area contributed by atoms with E-state index in [1.807, 2.05) is 100 Å². The number of carbonyl (C=O) groups excluding carboxylic acids is 2. The molecule has 0 aliphatic heterocycles. The van der Waals surface area contributed by atoms with Gasteiger partial charge in [-0.1, -0.05) is 67.6 Å². The molecular formula is C31H37BrN2O3. The van der Waals surface area contributed by atoms with Gasteiger partial charge in [-0.3, -0.25) is 9.59 Å². The largest absolute Gasteiger partial charge is 0.483 e. The average molecular weight is 566 g/mol. The smallest absolute Gasteiger partial charge is 0.261 e. The molecule has 37 heavy (non-hydrogen) atoms. The van der Waals surface area contributed by atoms with E-state index in [4.69, 9.17) is 4.74 Å². The molecule has 3 aromatic carbocycles. The molecule has 3 rings (SSSR count). The number of halogens is 1. The lowest BCUT2D eigenvalue weighted by atomic mass is 10.00. The van der Waals surface area contributed by atoms with Gasteiger partial charge in [0, 0.05) is 18.5 Å². The second kappa shape index (κ2) is 12.9. The van der Waals surface area contributed by atoms with Gasteiger partial charge in [0.2, 0.25) is 5.91 Å². The minimum Gasteiger partial charge on any atom is -0.483 e. The van der Waals surface area contributed by atoms with E-state index in [2.05, 4.69) is 28.2 Å². The Labute approximate surface area is 229 Å². The van der Waals surface area contributed by atoms with Crippen molar-refractivity contribution < 1.29 is 14.3 Å². The summed E-state index contributed by atoms with van der Waals surface area (Å²) < 4.78 is 6.76. The van der Waals surface area contributed by atoms with Crippen molar-refractivity contribution in [2.45, 2.75) is 65.6 Å². The maximum atomic E-state index is 13.8. The van der Waals surface area contributed by atoms with E-state index < -0.39 is 11.6 Å². The molecule has 0 radical (unpaired) electrons. The summed E-state index contributed by atoms with van der Waals surface area (Å²) in [7, 11) is 0. The average Bonchev–Trinajstić information content (AvgIpc) is 2.85. The van der Waals surface area contributed by atoms with Gasteiger partial charge < -0.3 is 15.0 Å². The molecule has 0 heterocycles. The van der Waals surface area contributed by atoms with Gasteiger partial charge in [-0.2, -0.15) is 0 Å². The molecule has 0 saturated heterocycles. The lowest BCUT2D eigenvalue weighted by Gasteiger charge is -2.34. The molecule has 6 heteroatoms. The molecule has 0 spiro atoms. The second-order valence-corrected chi connectivity index (χ2v) is 11.2. The van der Waals surface area contributed by atoms with E-state index in [1.165, 1.54) is 5.56 Å². The third kappa shape index (κ3) is 8.46. The van der Waals surface area contributed by atoms with Gasteiger partial charge >= 0.3 is 0 Å². The molecule has 5 nitrogen and oxygen atoms in total. The number of carbonyl (C=O) groups is 2. The third-order valence-corrected chi connectivity index (χ3v) is 6.75. The molecule has 0 aromatic heterocycles. The summed E-state index contributed by atoms with van der Waals surface area (Å²) in [6.45, 7) is 10.1. The van der Waals surface area contributed by atoms with Crippen LogP contribution in [-0.4, -0.2) is 34.9 Å². The number of ether oxygens (including phenoxy) is 1. The fraction of sp³-hybridized carbons (Fsp3) is 0.355. The highest BCUT2D eigenvalue weighted by atomic mass is 79.9. The maximum Gasteiger partial charge on any atom is 0.261 e. The summed E-state index contributed by atoms with van der Waals surface area (Å²) in [6, 6.07) is 22.9. The Balaban J connectivity index is 1.94. The van der Waals surface area contributed by atoms with Crippen LogP contribution in [0.25, 0.3) is 0 Å². The molecule has 2 amide bonds. The van der Waals surface area contributed by atoms with Crippen LogP contribution < -0.4 is 10.1 Å². The monoisotopic (exact) mass is 564 g/mol. The van der Waals surface area contributed by atoms with Crippen molar-refractivity contribution in [3.05, 3.63) is 99.5 Å². The first-order valence-electron chi connectivity index (χ1n) is 12.7. The number of rotatable bonds is 10. The number of amides is 2. The fourth-order valence-electron chi connectivity index (χ4n) is 4.08. The van der Waals surface area contributed by atoms with Crippen LogP contribution in [0.1, 0.15) is 49.9 Å². The Bertz CT molecular complexity index is 1200. The van der Waals surface area contributed by atoms with Crippen LogP contribution in [0.2, 0.25) is 0 Å². The number of benzene rings is 3. The van der Waals surface area contributed by atoms with E-state index >= 15 is 0 Å². The van der Waals surface area contributed by atoms with Gasteiger partial charge in [0.1, 0.15) is 11.8 Å². The summed E-state index contributed by atoms with van der Waals surface area (Å²) in [4.78, 5) is 29.1. The molecule has 0 unspecified atom stereocenters. The number of hydrogen-bond acceptors (Lipinski definition) is 3. The quantitative estimate of drug-likeness (QED) is 0.316. The van der Waals surface area contributed by atoms with Gasteiger partial charge in [0.15, 0.2) is 6.61 Å². The second-order valence-electron chi connectivity index (χ2n) is 10.3. The molecular weight excluding hydrogens is 528 g/mol. The molecule has 0 aliphatic rings. The first-order valence-corrected chi connectivity index (χ1v) is 13.5. The Morgan fingerprint density at radius 3 is 2.27 bits per heavy atom. The van der Waals surface area contributed by atoms with E-state index in [9.17, 15) is 9.59 Å². The van der Waals surface area contributed by atoms with Crippen LogP contribution >= 0.6 is 15.9 Å². The first kappa shape index (κ1) is 28.5. The molecule has 0 aliphatic carbocycles. The Morgan fingerprint density at radius 1 is 0.973 bits per heavy atom. The summed E-state index contributed by atoms with van der Waals surface area (Å²) in [6.07, 6.45) is 1.31. The zero-order chi connectivity index (χ0) is 27.0. The van der Waals surface area contributed by atoms with Gasteiger partial charge in [0.05, 0.1) is 4.47 Å². The predicted octanol–water partition coefficient (Wildman–Crippen LogP) is 6.25. The first-order chi connectivity index (χ1) is 17.6. The standard InChI is InChI=1S/C31H37BrN2O3/c1-6-23-16-17-28(26(32)18-23)37-21-29(35)34(20-25-15-11-10-12-22(25)2)27(30(36)33-31(3,4)5)19-24-13-8-7-9-14-24/h7-18,27H,6,19-21H2,1-5H3,(H,33,36)/t27-/m0/s1. The summed E-state index contributed by atoms with van der Waals surface area (Å²) in [5.74, 6) is 0.159. The minimum absolute atomic E-state index is 0.177. The molecule has 1 N–H and O–H groups in total. The van der Waals surface area contributed by atoms with Crippen LogP contribution in [-0.2, 0) is 29.0 Å².